The monoisotopic (exact) mass is 458 g/mol. The van der Waals surface area contributed by atoms with Crippen molar-refractivity contribution in [3.63, 3.8) is 0 Å². The molecule has 1 aromatic heterocycles. The molecule has 7 nitrogen and oxygen atoms in total. The molecule has 4 N–H and O–H groups in total. The maximum Gasteiger partial charge on any atom is 0.341 e. The molecule has 0 unspecified atom stereocenters. The number of nitrogen functional groups attached to an aromatic ring is 1. The molecular weight excluding hydrogens is 437 g/mol. The molecule has 0 saturated carbocycles. The molecule has 3 heterocycles. The number of nitrogens with two attached hydrogens (primary N) is 1. The first-order chi connectivity index (χ1) is 15.7. The summed E-state index contributed by atoms with van der Waals surface area (Å²) in [5.74, 6) is -3.85. The number of hydrogen-bond acceptors (Lipinski definition) is 5. The van der Waals surface area contributed by atoms with Gasteiger partial charge in [-0.3, -0.25) is 4.79 Å². The van der Waals surface area contributed by atoms with Gasteiger partial charge in [0.1, 0.15) is 23.0 Å². The number of halogens is 3. The molecule has 0 radical (unpaired) electrons. The summed E-state index contributed by atoms with van der Waals surface area (Å²) < 4.78 is 44.8. The van der Waals surface area contributed by atoms with Crippen LogP contribution >= 0.6 is 0 Å². The Hall–Kier alpha value is -3.53. The predicted octanol–water partition coefficient (Wildman–Crippen LogP) is 2.88. The number of piperidine rings is 1. The van der Waals surface area contributed by atoms with Crippen molar-refractivity contribution in [2.75, 3.05) is 30.3 Å². The third-order valence-electron chi connectivity index (χ3n) is 6.57. The van der Waals surface area contributed by atoms with E-state index in [1.807, 2.05) is 4.90 Å². The Morgan fingerprint density at radius 2 is 1.82 bits per heavy atom. The van der Waals surface area contributed by atoms with Crippen LogP contribution < -0.4 is 21.4 Å². The molecule has 3 aromatic rings. The van der Waals surface area contributed by atoms with Crippen LogP contribution in [0.3, 0.4) is 0 Å². The van der Waals surface area contributed by atoms with Gasteiger partial charge < -0.3 is 25.6 Å². The molecule has 0 aliphatic carbocycles. The van der Waals surface area contributed by atoms with Crippen LogP contribution in [0.5, 0.6) is 0 Å². The number of carbonyl (C=O) groups is 1. The highest BCUT2D eigenvalue weighted by molar-refractivity contribution is 5.94. The van der Waals surface area contributed by atoms with Crippen LogP contribution in [0.25, 0.3) is 16.6 Å². The average Bonchev–Trinajstić information content (AvgIpc) is 3.20. The molecule has 0 spiro atoms. The topological polar surface area (TPSA) is 101 Å². The Morgan fingerprint density at radius 3 is 2.55 bits per heavy atom. The Kier molecular flexibility index (Phi) is 5.04. The van der Waals surface area contributed by atoms with Crippen LogP contribution in [-0.2, 0) is 0 Å². The fraction of sp³-hybridized carbons (Fsp3) is 0.304. The van der Waals surface area contributed by atoms with Gasteiger partial charge in [-0.1, -0.05) is 0 Å². The molecule has 33 heavy (non-hydrogen) atoms. The van der Waals surface area contributed by atoms with Crippen molar-refractivity contribution in [1.82, 2.24) is 9.88 Å². The number of aromatic nitrogens is 1. The SMILES string of the molecule is Nc1cc(-n2cc(C(=O)O)c(=O)c3cc(F)c(N4C[C@@H]5CCCN[C@@H]5C4)cc32)c(F)cc1F. The van der Waals surface area contributed by atoms with E-state index in [0.29, 0.717) is 25.1 Å². The van der Waals surface area contributed by atoms with Crippen LogP contribution in [0.2, 0.25) is 0 Å². The van der Waals surface area contributed by atoms with Crippen LogP contribution in [0.15, 0.2) is 35.3 Å². The van der Waals surface area contributed by atoms with Crippen molar-refractivity contribution < 1.29 is 23.1 Å². The lowest BCUT2D eigenvalue weighted by atomic mass is 9.94. The minimum absolute atomic E-state index is 0.0918. The minimum Gasteiger partial charge on any atom is -0.477 e. The number of carboxylic acid groups (broad SMARTS) is 1. The molecule has 10 heteroatoms. The number of rotatable bonds is 3. The quantitative estimate of drug-likeness (QED) is 0.522. The Balaban J connectivity index is 1.74. The number of benzene rings is 2. The lowest BCUT2D eigenvalue weighted by molar-refractivity contribution is 0.0695. The smallest absolute Gasteiger partial charge is 0.341 e. The van der Waals surface area contributed by atoms with E-state index < -0.39 is 34.4 Å². The standard InChI is InChI=1S/C23H21F3N4O3/c24-14-5-16(26)21(6-17(14)27)30-9-13(23(32)33)22(31)12-4-15(25)20(7-19(12)30)29-8-11-2-1-3-28-18(11)10-29/h4-7,9,11,18,28H,1-3,8,10,27H2,(H,32,33)/t11-,18+/m0/s1. The highest BCUT2D eigenvalue weighted by Crippen LogP contribution is 2.34. The summed E-state index contributed by atoms with van der Waals surface area (Å²) in [4.78, 5) is 26.3. The third kappa shape index (κ3) is 3.50. The van der Waals surface area contributed by atoms with Crippen LogP contribution in [-0.4, -0.2) is 41.3 Å². The fourth-order valence-electron chi connectivity index (χ4n) is 4.91. The summed E-state index contributed by atoms with van der Waals surface area (Å²) in [7, 11) is 0. The summed E-state index contributed by atoms with van der Waals surface area (Å²) in [5.41, 5.74) is 3.75. The fourth-order valence-corrected chi connectivity index (χ4v) is 4.91. The largest absolute Gasteiger partial charge is 0.477 e. The first-order valence-electron chi connectivity index (χ1n) is 10.6. The van der Waals surface area contributed by atoms with E-state index in [0.717, 1.165) is 42.3 Å². The van der Waals surface area contributed by atoms with E-state index >= 15 is 4.39 Å². The summed E-state index contributed by atoms with van der Waals surface area (Å²) in [6, 6.07) is 4.21. The number of nitrogens with one attached hydrogen (secondary N) is 1. The normalized spacial score (nSPS) is 20.3. The Labute approximate surface area is 186 Å². The summed E-state index contributed by atoms with van der Waals surface area (Å²) in [6.07, 6.45) is 3.02. The van der Waals surface area contributed by atoms with E-state index in [2.05, 4.69) is 5.32 Å². The van der Waals surface area contributed by atoms with Gasteiger partial charge in [-0.2, -0.15) is 0 Å². The first kappa shape index (κ1) is 21.3. The number of hydrogen-bond donors (Lipinski definition) is 3. The Morgan fingerprint density at radius 1 is 1.06 bits per heavy atom. The maximum atomic E-state index is 15.2. The molecule has 2 atom stereocenters. The zero-order valence-electron chi connectivity index (χ0n) is 17.4. The van der Waals surface area contributed by atoms with Crippen molar-refractivity contribution >= 4 is 28.2 Å². The predicted molar refractivity (Wildman–Crippen MR) is 118 cm³/mol. The van der Waals surface area contributed by atoms with Gasteiger partial charge in [0.25, 0.3) is 0 Å². The zero-order valence-corrected chi connectivity index (χ0v) is 17.4. The highest BCUT2D eigenvalue weighted by Gasteiger charge is 2.35. The lowest BCUT2D eigenvalue weighted by Crippen LogP contribution is -2.40. The molecular formula is C23H21F3N4O3. The summed E-state index contributed by atoms with van der Waals surface area (Å²) in [6.45, 7) is 2.09. The number of aromatic carboxylic acids is 1. The number of fused-ring (bicyclic) bond motifs is 2. The lowest BCUT2D eigenvalue weighted by Gasteiger charge is -2.24. The van der Waals surface area contributed by atoms with Gasteiger partial charge in [-0.25, -0.2) is 18.0 Å². The molecule has 172 valence electrons. The number of pyridine rings is 1. The second-order valence-electron chi connectivity index (χ2n) is 8.56. The van der Waals surface area contributed by atoms with Crippen molar-refractivity contribution in [3.8, 4) is 5.69 Å². The molecule has 2 aliphatic heterocycles. The van der Waals surface area contributed by atoms with E-state index in [-0.39, 0.29) is 34.0 Å². The van der Waals surface area contributed by atoms with Gasteiger partial charge in [0.2, 0.25) is 5.43 Å². The van der Waals surface area contributed by atoms with Crippen molar-refractivity contribution in [2.45, 2.75) is 18.9 Å². The van der Waals surface area contributed by atoms with Gasteiger partial charge >= 0.3 is 5.97 Å². The van der Waals surface area contributed by atoms with Crippen molar-refractivity contribution in [2.24, 2.45) is 5.92 Å². The average molecular weight is 458 g/mol. The Bertz CT molecular complexity index is 1340. The minimum atomic E-state index is -1.55. The molecule has 0 amide bonds. The third-order valence-corrected chi connectivity index (χ3v) is 6.57. The number of carboxylic acids is 1. The summed E-state index contributed by atoms with van der Waals surface area (Å²) >= 11 is 0. The van der Waals surface area contributed by atoms with Gasteiger partial charge in [0, 0.05) is 36.8 Å². The van der Waals surface area contributed by atoms with Crippen molar-refractivity contribution in [3.05, 3.63) is 63.7 Å². The molecule has 2 saturated heterocycles. The number of nitrogens with zero attached hydrogens (tertiary/aromatic N) is 2. The van der Waals surface area contributed by atoms with E-state index in [1.54, 1.807) is 0 Å². The molecule has 5 rings (SSSR count). The second kappa shape index (κ2) is 7.80. The van der Waals surface area contributed by atoms with Gasteiger partial charge in [-0.05, 0) is 43.5 Å². The summed E-state index contributed by atoms with van der Waals surface area (Å²) in [5, 5.41) is 12.7. The van der Waals surface area contributed by atoms with Gasteiger partial charge in [0.05, 0.1) is 22.6 Å². The highest BCUT2D eigenvalue weighted by atomic mass is 19.1. The van der Waals surface area contributed by atoms with Crippen LogP contribution in [0.4, 0.5) is 24.5 Å². The van der Waals surface area contributed by atoms with E-state index in [4.69, 9.17) is 5.73 Å². The van der Waals surface area contributed by atoms with E-state index in [1.165, 1.54) is 6.07 Å². The molecule has 2 aliphatic rings. The molecule has 0 bridgehead atoms. The van der Waals surface area contributed by atoms with E-state index in [9.17, 15) is 23.5 Å². The number of anilines is 2. The van der Waals surface area contributed by atoms with Gasteiger partial charge in [0.15, 0.2) is 0 Å². The maximum absolute atomic E-state index is 15.2. The molecule has 2 fully saturated rings. The second-order valence-corrected chi connectivity index (χ2v) is 8.56. The zero-order chi connectivity index (χ0) is 23.4. The molecule has 2 aromatic carbocycles. The van der Waals surface area contributed by atoms with Gasteiger partial charge in [-0.15, -0.1) is 0 Å². The van der Waals surface area contributed by atoms with Crippen molar-refractivity contribution in [1.29, 1.82) is 0 Å². The van der Waals surface area contributed by atoms with Crippen LogP contribution in [0.1, 0.15) is 23.2 Å². The van der Waals surface area contributed by atoms with Crippen LogP contribution in [0, 0.1) is 23.4 Å². The first-order valence-corrected chi connectivity index (χ1v) is 10.6.